The summed E-state index contributed by atoms with van der Waals surface area (Å²) in [7, 11) is 0. The second-order valence-electron chi connectivity index (χ2n) is 12.8. The smallest absolute Gasteiger partial charge is 0.123 e. The molecule has 0 spiro atoms. The van der Waals surface area contributed by atoms with Gasteiger partial charge < -0.3 is 5.11 Å². The Hall–Kier alpha value is -0.640. The third-order valence-electron chi connectivity index (χ3n) is 11.3. The lowest BCUT2D eigenvalue weighted by Gasteiger charge is -2.58. The molecule has 3 saturated carbocycles. The normalized spacial score (nSPS) is 44.1. The van der Waals surface area contributed by atoms with E-state index in [-0.39, 0.29) is 12.0 Å². The molecule has 0 amide bonds. The molecule has 32 heavy (non-hydrogen) atoms. The van der Waals surface area contributed by atoms with Gasteiger partial charge in [0.15, 0.2) is 0 Å². The number of rotatable bonds is 7. The number of hydrogen-bond acceptors (Lipinski definition) is 3. The van der Waals surface area contributed by atoms with Gasteiger partial charge in [-0.05, 0) is 111 Å². The van der Waals surface area contributed by atoms with Crippen molar-refractivity contribution in [2.45, 2.75) is 111 Å². The largest absolute Gasteiger partial charge is 0.393 e. The minimum atomic E-state index is -0.629. The maximum atomic E-state index is 10.3. The Morgan fingerprint density at radius 3 is 2.56 bits per heavy atom. The highest BCUT2D eigenvalue weighted by molar-refractivity contribution is 5.25. The number of aliphatic hydroxyl groups is 1. The Morgan fingerprint density at radius 1 is 1.16 bits per heavy atom. The second kappa shape index (κ2) is 8.86. The molecule has 0 saturated heterocycles. The van der Waals surface area contributed by atoms with Crippen LogP contribution in [0.25, 0.3) is 0 Å². The van der Waals surface area contributed by atoms with E-state index in [1.165, 1.54) is 38.5 Å². The summed E-state index contributed by atoms with van der Waals surface area (Å²) in [6.07, 6.45) is 15.9. The van der Waals surface area contributed by atoms with Crippen molar-refractivity contribution in [2.75, 3.05) is 0 Å². The average molecular weight is 445 g/mol. The third kappa shape index (κ3) is 3.75. The molecule has 0 bridgehead atoms. The minimum absolute atomic E-state index is 0.118. The van der Waals surface area contributed by atoms with Crippen molar-refractivity contribution in [1.29, 1.82) is 0 Å². The van der Waals surface area contributed by atoms with Gasteiger partial charge in [0, 0.05) is 0 Å². The zero-order valence-electron chi connectivity index (χ0n) is 21.3. The average Bonchev–Trinajstić information content (AvgIpc) is 3.12. The molecule has 0 radical (unpaired) electrons. The SMILES string of the molecule is C=CC(CC[C@@H](C)[C@H]1CC[C@H]2[C@@H]3CC=C4CC(O)CC[C@]4(C)[C@H]3CC[C@]12C)(OO)C(C)C. The topological polar surface area (TPSA) is 49.7 Å². The maximum absolute atomic E-state index is 10.3. The summed E-state index contributed by atoms with van der Waals surface area (Å²) in [6.45, 7) is 15.7. The van der Waals surface area contributed by atoms with Gasteiger partial charge in [-0.15, -0.1) is 6.58 Å². The Bertz CT molecular complexity index is 728. The predicted octanol–water partition coefficient (Wildman–Crippen LogP) is 7.41. The number of allylic oxidation sites excluding steroid dienone is 1. The van der Waals surface area contributed by atoms with E-state index in [0.717, 1.165) is 49.4 Å². The van der Waals surface area contributed by atoms with Crippen LogP contribution in [0.3, 0.4) is 0 Å². The monoisotopic (exact) mass is 444 g/mol. The first-order valence-electron chi connectivity index (χ1n) is 13.4. The van der Waals surface area contributed by atoms with Gasteiger partial charge in [0.1, 0.15) is 5.60 Å². The fraction of sp³-hybridized carbons (Fsp3) is 0.862. The van der Waals surface area contributed by atoms with Crippen LogP contribution in [0.4, 0.5) is 0 Å². The van der Waals surface area contributed by atoms with E-state index in [1.54, 1.807) is 5.57 Å². The quantitative estimate of drug-likeness (QED) is 0.244. The summed E-state index contributed by atoms with van der Waals surface area (Å²) < 4.78 is 0. The number of hydrogen-bond donors (Lipinski definition) is 2. The van der Waals surface area contributed by atoms with Crippen LogP contribution in [0.1, 0.15) is 98.8 Å². The van der Waals surface area contributed by atoms with E-state index < -0.39 is 5.60 Å². The molecule has 0 heterocycles. The first-order chi connectivity index (χ1) is 15.1. The van der Waals surface area contributed by atoms with E-state index in [9.17, 15) is 10.4 Å². The Labute approximate surface area is 196 Å². The third-order valence-corrected chi connectivity index (χ3v) is 11.3. The molecule has 4 aliphatic rings. The highest BCUT2D eigenvalue weighted by Gasteiger charge is 2.59. The molecule has 4 aliphatic carbocycles. The van der Waals surface area contributed by atoms with E-state index >= 15 is 0 Å². The van der Waals surface area contributed by atoms with Crippen LogP contribution in [0, 0.1) is 46.3 Å². The van der Waals surface area contributed by atoms with Crippen LogP contribution in [0.2, 0.25) is 0 Å². The molecule has 4 rings (SSSR count). The van der Waals surface area contributed by atoms with Gasteiger partial charge in [-0.25, -0.2) is 4.89 Å². The Balaban J connectivity index is 1.49. The highest BCUT2D eigenvalue weighted by Crippen LogP contribution is 2.67. The highest BCUT2D eigenvalue weighted by atomic mass is 17.1. The van der Waals surface area contributed by atoms with Gasteiger partial charge in [-0.3, -0.25) is 5.26 Å². The molecule has 2 unspecified atom stereocenters. The van der Waals surface area contributed by atoms with Crippen LogP contribution in [-0.4, -0.2) is 22.1 Å². The van der Waals surface area contributed by atoms with Crippen LogP contribution >= 0.6 is 0 Å². The van der Waals surface area contributed by atoms with Crippen molar-refractivity contribution >= 4 is 0 Å². The van der Waals surface area contributed by atoms with Crippen molar-refractivity contribution < 1.29 is 15.3 Å². The van der Waals surface area contributed by atoms with Crippen LogP contribution in [-0.2, 0) is 4.89 Å². The van der Waals surface area contributed by atoms with Gasteiger partial charge in [-0.1, -0.05) is 52.3 Å². The molecule has 3 fully saturated rings. The van der Waals surface area contributed by atoms with Crippen molar-refractivity contribution in [3.05, 3.63) is 24.3 Å². The summed E-state index contributed by atoms with van der Waals surface area (Å²) in [4.78, 5) is 4.99. The fourth-order valence-corrected chi connectivity index (χ4v) is 9.09. The molecule has 0 aromatic heterocycles. The minimum Gasteiger partial charge on any atom is -0.393 e. The number of fused-ring (bicyclic) bond motifs is 5. The fourth-order valence-electron chi connectivity index (χ4n) is 9.09. The zero-order chi connectivity index (χ0) is 23.3. The Kier molecular flexibility index (Phi) is 6.78. The lowest BCUT2D eigenvalue weighted by molar-refractivity contribution is -0.321. The second-order valence-corrected chi connectivity index (χ2v) is 12.8. The zero-order valence-corrected chi connectivity index (χ0v) is 21.3. The van der Waals surface area contributed by atoms with Gasteiger partial charge in [0.2, 0.25) is 0 Å². The maximum Gasteiger partial charge on any atom is 0.123 e. The van der Waals surface area contributed by atoms with E-state index in [0.29, 0.717) is 16.7 Å². The van der Waals surface area contributed by atoms with Gasteiger partial charge in [-0.2, -0.15) is 0 Å². The van der Waals surface area contributed by atoms with Crippen molar-refractivity contribution in [1.82, 2.24) is 0 Å². The van der Waals surface area contributed by atoms with E-state index in [2.05, 4.69) is 47.3 Å². The van der Waals surface area contributed by atoms with Gasteiger partial charge in [0.05, 0.1) is 6.10 Å². The Morgan fingerprint density at radius 2 is 1.91 bits per heavy atom. The summed E-state index contributed by atoms with van der Waals surface area (Å²) in [5.74, 6) is 4.05. The van der Waals surface area contributed by atoms with Crippen LogP contribution in [0.5, 0.6) is 0 Å². The molecule has 0 aromatic carbocycles. The van der Waals surface area contributed by atoms with Crippen molar-refractivity contribution in [3.8, 4) is 0 Å². The lowest BCUT2D eigenvalue weighted by atomic mass is 9.47. The molecule has 0 aromatic rings. The van der Waals surface area contributed by atoms with Crippen LogP contribution < -0.4 is 0 Å². The van der Waals surface area contributed by atoms with Crippen molar-refractivity contribution in [2.24, 2.45) is 46.3 Å². The molecule has 0 aliphatic heterocycles. The molecular weight excluding hydrogens is 396 g/mol. The standard InChI is InChI=1S/C29H48O3/c1-7-29(32-31,19(2)3)17-12-20(4)24-10-11-25-23-9-8-21-18-22(30)13-15-27(21,5)26(23)14-16-28(24,25)6/h7-8,19-20,22-26,30-31H,1,9-18H2,2-6H3/t20-,22?,23+,24-,25+,26+,27+,28-,29?/m1/s1. The molecule has 3 heteroatoms. The first kappa shape index (κ1) is 24.5. The van der Waals surface area contributed by atoms with E-state index in [1.807, 2.05) is 6.08 Å². The summed E-state index contributed by atoms with van der Waals surface area (Å²) in [5, 5.41) is 19.9. The molecule has 9 atom stereocenters. The van der Waals surface area contributed by atoms with Crippen LogP contribution in [0.15, 0.2) is 24.3 Å². The predicted molar refractivity (Wildman–Crippen MR) is 131 cm³/mol. The molecule has 2 N–H and O–H groups in total. The molecular formula is C29H48O3. The van der Waals surface area contributed by atoms with Gasteiger partial charge >= 0.3 is 0 Å². The van der Waals surface area contributed by atoms with Crippen molar-refractivity contribution in [3.63, 3.8) is 0 Å². The molecule has 3 nitrogen and oxygen atoms in total. The lowest BCUT2D eigenvalue weighted by Crippen LogP contribution is -2.50. The van der Waals surface area contributed by atoms with E-state index in [4.69, 9.17) is 4.89 Å². The van der Waals surface area contributed by atoms with Gasteiger partial charge in [0.25, 0.3) is 0 Å². The number of aliphatic hydroxyl groups excluding tert-OH is 1. The summed E-state index contributed by atoms with van der Waals surface area (Å²) >= 11 is 0. The first-order valence-corrected chi connectivity index (χ1v) is 13.4. The summed E-state index contributed by atoms with van der Waals surface area (Å²) in [5.41, 5.74) is 1.70. The molecule has 182 valence electrons. The summed E-state index contributed by atoms with van der Waals surface area (Å²) in [6, 6.07) is 0.